The lowest BCUT2D eigenvalue weighted by molar-refractivity contribution is -0.144. The summed E-state index contributed by atoms with van der Waals surface area (Å²) in [5.74, 6) is 0.951. The molecule has 0 aromatic rings. The molecule has 0 aliphatic carbocycles. The Kier molecular flexibility index (Phi) is 2.99. The zero-order chi connectivity index (χ0) is 10.1. The van der Waals surface area contributed by atoms with Gasteiger partial charge in [-0.05, 0) is 23.7 Å². The second kappa shape index (κ2) is 3.69. The first-order chi connectivity index (χ1) is 5.89. The summed E-state index contributed by atoms with van der Waals surface area (Å²) in [6.45, 7) is 9.37. The van der Waals surface area contributed by atoms with Gasteiger partial charge in [0.2, 0.25) is 0 Å². The van der Waals surface area contributed by atoms with Gasteiger partial charge < -0.3 is 4.74 Å². The minimum atomic E-state index is -0.0285. The van der Waals surface area contributed by atoms with Crippen molar-refractivity contribution in [1.29, 1.82) is 0 Å². The molecule has 1 fully saturated rings. The van der Waals surface area contributed by atoms with Gasteiger partial charge in [0, 0.05) is 6.42 Å². The van der Waals surface area contributed by atoms with Crippen LogP contribution in [0.3, 0.4) is 0 Å². The van der Waals surface area contributed by atoms with Crippen molar-refractivity contribution in [3.05, 3.63) is 0 Å². The predicted octanol–water partition coefficient (Wildman–Crippen LogP) is 2.62. The molecule has 2 atom stereocenters. The lowest BCUT2D eigenvalue weighted by Gasteiger charge is -2.29. The standard InChI is InChI=1S/C11H20O2/c1-8-5-9(11(2,3)4)7-13-10(12)6-8/h8-9H,5-7H2,1-4H3/t8-,9-/m0/s1. The lowest BCUT2D eigenvalue weighted by Crippen LogP contribution is -2.25. The molecule has 1 saturated heterocycles. The highest BCUT2D eigenvalue weighted by molar-refractivity contribution is 5.69. The Hall–Kier alpha value is -0.530. The highest BCUT2D eigenvalue weighted by Gasteiger charge is 2.30. The Labute approximate surface area is 80.7 Å². The maximum Gasteiger partial charge on any atom is 0.306 e. The van der Waals surface area contributed by atoms with Gasteiger partial charge in [0.1, 0.15) is 0 Å². The Morgan fingerprint density at radius 1 is 1.38 bits per heavy atom. The van der Waals surface area contributed by atoms with Crippen molar-refractivity contribution in [2.45, 2.75) is 40.5 Å². The Morgan fingerprint density at radius 3 is 2.54 bits per heavy atom. The predicted molar refractivity (Wildman–Crippen MR) is 52.3 cm³/mol. The second-order valence-corrected chi connectivity index (χ2v) is 5.29. The minimum Gasteiger partial charge on any atom is -0.465 e. The highest BCUT2D eigenvalue weighted by Crippen LogP contribution is 2.34. The minimum absolute atomic E-state index is 0.0285. The van der Waals surface area contributed by atoms with Gasteiger partial charge >= 0.3 is 5.97 Å². The molecule has 1 rings (SSSR count). The van der Waals surface area contributed by atoms with Crippen LogP contribution in [-0.2, 0) is 9.53 Å². The molecule has 0 N–H and O–H groups in total. The zero-order valence-electron chi connectivity index (χ0n) is 9.09. The molecule has 1 heterocycles. The van der Waals surface area contributed by atoms with Gasteiger partial charge in [0.05, 0.1) is 6.61 Å². The van der Waals surface area contributed by atoms with Gasteiger partial charge in [-0.25, -0.2) is 0 Å². The SMILES string of the molecule is C[C@@H]1CC(=O)OC[C@@H](C(C)(C)C)C1. The number of hydrogen-bond donors (Lipinski definition) is 0. The van der Waals surface area contributed by atoms with E-state index in [1.54, 1.807) is 0 Å². The van der Waals surface area contributed by atoms with Crippen molar-refractivity contribution in [2.24, 2.45) is 17.3 Å². The molecule has 0 bridgehead atoms. The van der Waals surface area contributed by atoms with Crippen LogP contribution in [0.15, 0.2) is 0 Å². The van der Waals surface area contributed by atoms with E-state index in [9.17, 15) is 4.79 Å². The van der Waals surface area contributed by atoms with E-state index in [1.165, 1.54) is 0 Å². The average molecular weight is 184 g/mol. The summed E-state index contributed by atoms with van der Waals surface area (Å²) in [7, 11) is 0. The van der Waals surface area contributed by atoms with Crippen LogP contribution in [0.2, 0.25) is 0 Å². The van der Waals surface area contributed by atoms with Crippen LogP contribution in [-0.4, -0.2) is 12.6 Å². The molecule has 0 saturated carbocycles. The molecule has 0 aromatic heterocycles. The number of ether oxygens (including phenoxy) is 1. The van der Waals surface area contributed by atoms with Crippen molar-refractivity contribution in [3.63, 3.8) is 0 Å². The number of carbonyl (C=O) groups is 1. The highest BCUT2D eigenvalue weighted by atomic mass is 16.5. The van der Waals surface area contributed by atoms with Crippen LogP contribution in [0.4, 0.5) is 0 Å². The summed E-state index contributed by atoms with van der Waals surface area (Å²) < 4.78 is 5.17. The fourth-order valence-corrected chi connectivity index (χ4v) is 1.78. The molecule has 2 nitrogen and oxygen atoms in total. The van der Waals surface area contributed by atoms with Crippen molar-refractivity contribution in [2.75, 3.05) is 6.61 Å². The van der Waals surface area contributed by atoms with Crippen LogP contribution in [0.25, 0.3) is 0 Å². The zero-order valence-corrected chi connectivity index (χ0v) is 9.09. The smallest absolute Gasteiger partial charge is 0.306 e. The first-order valence-corrected chi connectivity index (χ1v) is 5.05. The third-order valence-corrected chi connectivity index (χ3v) is 2.87. The molecule has 13 heavy (non-hydrogen) atoms. The summed E-state index contributed by atoms with van der Waals surface area (Å²) in [6.07, 6.45) is 1.70. The number of hydrogen-bond acceptors (Lipinski definition) is 2. The van der Waals surface area contributed by atoms with E-state index >= 15 is 0 Å². The molecule has 0 amide bonds. The van der Waals surface area contributed by atoms with Crippen molar-refractivity contribution in [1.82, 2.24) is 0 Å². The largest absolute Gasteiger partial charge is 0.465 e. The fraction of sp³-hybridized carbons (Fsp3) is 0.909. The monoisotopic (exact) mass is 184 g/mol. The third-order valence-electron chi connectivity index (χ3n) is 2.87. The average Bonchev–Trinajstić information content (AvgIpc) is 2.09. The number of carbonyl (C=O) groups excluding carboxylic acids is 1. The molecule has 1 aliphatic rings. The van der Waals surface area contributed by atoms with Crippen molar-refractivity contribution >= 4 is 5.97 Å². The number of cyclic esters (lactones) is 1. The molecule has 2 heteroatoms. The van der Waals surface area contributed by atoms with Gasteiger partial charge in [0.25, 0.3) is 0 Å². The van der Waals surface area contributed by atoms with Crippen LogP contribution in [0, 0.1) is 17.3 Å². The summed E-state index contributed by atoms with van der Waals surface area (Å²) in [4.78, 5) is 11.1. The molecule has 1 aliphatic heterocycles. The molecule has 0 spiro atoms. The van der Waals surface area contributed by atoms with Crippen molar-refractivity contribution < 1.29 is 9.53 Å². The van der Waals surface area contributed by atoms with Gasteiger partial charge in [-0.15, -0.1) is 0 Å². The second-order valence-electron chi connectivity index (χ2n) is 5.29. The summed E-state index contributed by atoms with van der Waals surface area (Å²) >= 11 is 0. The summed E-state index contributed by atoms with van der Waals surface area (Å²) in [5, 5.41) is 0. The molecule has 0 radical (unpaired) electrons. The lowest BCUT2D eigenvalue weighted by atomic mass is 9.76. The van der Waals surface area contributed by atoms with E-state index in [4.69, 9.17) is 4.74 Å². The van der Waals surface area contributed by atoms with Crippen LogP contribution in [0.5, 0.6) is 0 Å². The van der Waals surface area contributed by atoms with E-state index < -0.39 is 0 Å². The van der Waals surface area contributed by atoms with E-state index in [0.29, 0.717) is 24.9 Å². The topological polar surface area (TPSA) is 26.3 Å². The van der Waals surface area contributed by atoms with Gasteiger partial charge in [-0.1, -0.05) is 27.7 Å². The van der Waals surface area contributed by atoms with E-state index in [2.05, 4.69) is 27.7 Å². The summed E-state index contributed by atoms with van der Waals surface area (Å²) in [5.41, 5.74) is 0.249. The first kappa shape index (κ1) is 10.6. The molecule has 0 unspecified atom stereocenters. The quantitative estimate of drug-likeness (QED) is 0.541. The van der Waals surface area contributed by atoms with E-state index in [1.807, 2.05) is 0 Å². The van der Waals surface area contributed by atoms with Gasteiger partial charge in [-0.2, -0.15) is 0 Å². The Morgan fingerprint density at radius 2 is 2.00 bits per heavy atom. The van der Waals surface area contributed by atoms with Crippen LogP contribution in [0.1, 0.15) is 40.5 Å². The normalized spacial score (nSPS) is 30.9. The third kappa shape index (κ3) is 3.02. The number of rotatable bonds is 0. The molecular weight excluding hydrogens is 164 g/mol. The van der Waals surface area contributed by atoms with E-state index in [-0.39, 0.29) is 11.4 Å². The molecule has 76 valence electrons. The van der Waals surface area contributed by atoms with Crippen LogP contribution < -0.4 is 0 Å². The Bertz CT molecular complexity index is 191. The fourth-order valence-electron chi connectivity index (χ4n) is 1.78. The van der Waals surface area contributed by atoms with Gasteiger partial charge in [0.15, 0.2) is 0 Å². The first-order valence-electron chi connectivity index (χ1n) is 5.05. The molecular formula is C11H20O2. The maximum atomic E-state index is 11.1. The summed E-state index contributed by atoms with van der Waals surface area (Å²) in [6, 6.07) is 0. The van der Waals surface area contributed by atoms with Crippen LogP contribution >= 0.6 is 0 Å². The van der Waals surface area contributed by atoms with E-state index in [0.717, 1.165) is 6.42 Å². The van der Waals surface area contributed by atoms with Gasteiger partial charge in [-0.3, -0.25) is 4.79 Å². The Balaban J connectivity index is 2.63. The molecule has 0 aromatic carbocycles. The number of esters is 1. The van der Waals surface area contributed by atoms with Crippen molar-refractivity contribution in [3.8, 4) is 0 Å². The maximum absolute atomic E-state index is 11.1.